The summed E-state index contributed by atoms with van der Waals surface area (Å²) >= 11 is 0. The minimum absolute atomic E-state index is 0.0168. The summed E-state index contributed by atoms with van der Waals surface area (Å²) in [6, 6.07) is 10.8. The van der Waals surface area contributed by atoms with E-state index in [2.05, 4.69) is 25.0 Å². The Balaban J connectivity index is 1.82. The predicted molar refractivity (Wildman–Crippen MR) is 128 cm³/mol. The number of halogens is 2. The first kappa shape index (κ1) is 25.0. The molecule has 3 rings (SSSR count). The van der Waals surface area contributed by atoms with Gasteiger partial charge < -0.3 is 15.0 Å². The highest BCUT2D eigenvalue weighted by atomic mass is 28.3. The van der Waals surface area contributed by atoms with Crippen LogP contribution >= 0.6 is 0 Å². The van der Waals surface area contributed by atoms with E-state index in [0.717, 1.165) is 5.56 Å². The van der Waals surface area contributed by atoms with Gasteiger partial charge in [0.25, 0.3) is 0 Å². The Morgan fingerprint density at radius 1 is 1.15 bits per heavy atom. The third-order valence-corrected chi connectivity index (χ3v) is 7.87. The lowest BCUT2D eigenvalue weighted by molar-refractivity contribution is -0.120. The normalized spacial score (nSPS) is 17.2. The van der Waals surface area contributed by atoms with Gasteiger partial charge in [-0.2, -0.15) is 0 Å². The average Bonchev–Trinajstić information content (AvgIpc) is 3.18. The number of nitrogens with one attached hydrogen (secondary N) is 1. The second kappa shape index (κ2) is 10.6. The molecule has 8 heteroatoms. The number of hydrogen-bond acceptors (Lipinski definition) is 3. The van der Waals surface area contributed by atoms with Gasteiger partial charge in [0.15, 0.2) is 5.78 Å². The molecule has 0 saturated carbocycles. The number of carbonyl (C=O) groups is 2. The highest BCUT2D eigenvalue weighted by Gasteiger charge is 2.30. The van der Waals surface area contributed by atoms with Crippen molar-refractivity contribution in [1.29, 1.82) is 0 Å². The fraction of sp³-hybridized carbons (Fsp3) is 0.440. The van der Waals surface area contributed by atoms with Gasteiger partial charge in [-0.3, -0.25) is 4.79 Å². The fourth-order valence-corrected chi connectivity index (χ4v) is 5.39. The zero-order valence-electron chi connectivity index (χ0n) is 19.7. The van der Waals surface area contributed by atoms with Crippen LogP contribution in [0, 0.1) is 5.82 Å². The highest BCUT2D eigenvalue weighted by Crippen LogP contribution is 2.21. The number of nitrogens with zero attached hydrogens (tertiary/aromatic N) is 1. The van der Waals surface area contributed by atoms with Gasteiger partial charge in [-0.1, -0.05) is 56.0 Å². The Labute approximate surface area is 195 Å². The first-order chi connectivity index (χ1) is 15.6. The number of Topliss-reactive ketones (excluding diaryl/α,β-unsaturated/α-hetero) is 1. The molecule has 0 spiro atoms. The number of amides is 2. The first-order valence-corrected chi connectivity index (χ1v) is 14.7. The van der Waals surface area contributed by atoms with Crippen LogP contribution in [0.15, 0.2) is 42.5 Å². The maximum absolute atomic E-state index is 14.7. The molecular formula is C25H32F2N2O3Si. The molecule has 0 bridgehead atoms. The molecule has 178 valence electrons. The number of methoxy groups -OCH3 is 1. The van der Waals surface area contributed by atoms with Crippen molar-refractivity contribution in [3.63, 3.8) is 0 Å². The van der Waals surface area contributed by atoms with Crippen LogP contribution in [0.1, 0.15) is 29.2 Å². The van der Waals surface area contributed by atoms with Crippen molar-refractivity contribution in [3.8, 4) is 0 Å². The van der Waals surface area contributed by atoms with Gasteiger partial charge >= 0.3 is 6.03 Å². The Bertz CT molecular complexity index is 992. The molecule has 5 nitrogen and oxygen atoms in total. The molecule has 1 saturated heterocycles. The van der Waals surface area contributed by atoms with Crippen molar-refractivity contribution in [2.24, 2.45) is 0 Å². The van der Waals surface area contributed by atoms with Gasteiger partial charge in [0.05, 0.1) is 21.2 Å². The Hall–Kier alpha value is -2.58. The first-order valence-electron chi connectivity index (χ1n) is 11.2. The van der Waals surface area contributed by atoms with E-state index >= 15 is 0 Å². The summed E-state index contributed by atoms with van der Waals surface area (Å²) in [6.45, 7) is 6.95. The van der Waals surface area contributed by atoms with Crippen LogP contribution in [0.2, 0.25) is 19.6 Å². The summed E-state index contributed by atoms with van der Waals surface area (Å²) in [7, 11) is -0.235. The number of hydrogen-bond donors (Lipinski definition) is 1. The van der Waals surface area contributed by atoms with Crippen LogP contribution in [0.3, 0.4) is 0 Å². The van der Waals surface area contributed by atoms with Gasteiger partial charge in [-0.15, -0.1) is 0 Å². The number of likely N-dealkylation sites (tertiary alicyclic amines) is 1. The molecule has 2 amide bonds. The summed E-state index contributed by atoms with van der Waals surface area (Å²) in [4.78, 5) is 27.4. The van der Waals surface area contributed by atoms with E-state index in [1.807, 2.05) is 12.1 Å². The Morgan fingerprint density at radius 3 is 2.36 bits per heavy atom. The third-order valence-electron chi connectivity index (χ3n) is 5.85. The number of ether oxygens (including phenoxy) is 1. The molecule has 2 aromatic carbocycles. The maximum Gasteiger partial charge on any atom is 0.318 e. The molecule has 0 aliphatic carbocycles. The molecular weight excluding hydrogens is 442 g/mol. The lowest BCUT2D eigenvalue weighted by Crippen LogP contribution is -2.43. The van der Waals surface area contributed by atoms with Gasteiger partial charge in [0.1, 0.15) is 18.0 Å². The van der Waals surface area contributed by atoms with Crippen LogP contribution in [0.25, 0.3) is 0 Å². The molecule has 2 aromatic rings. The largest absolute Gasteiger partial charge is 0.380 e. The molecule has 2 atom stereocenters. The number of ketones is 1. The molecule has 1 N–H and O–H groups in total. The summed E-state index contributed by atoms with van der Waals surface area (Å²) in [5, 5.41) is 3.49. The van der Waals surface area contributed by atoms with Crippen molar-refractivity contribution < 1.29 is 23.1 Å². The Morgan fingerprint density at radius 2 is 1.82 bits per heavy atom. The van der Waals surface area contributed by atoms with Crippen LogP contribution in [0.5, 0.6) is 0 Å². The van der Waals surface area contributed by atoms with E-state index in [1.54, 1.807) is 31.4 Å². The second-order valence-corrected chi connectivity index (χ2v) is 14.6. The number of carbonyl (C=O) groups excluding carboxylic acids is 2. The number of rotatable bonds is 8. The standard InChI is InChI=1S/C25H32F2N2O3Si/c1-32-16-17-5-8-19(9-6-17)24(28-25(31)29-12-11-20(26)15-29)22(30)14-18-7-10-23(21(27)13-18)33(2,3)4/h5-10,13,20,24H,11-12,14-16H2,1-4H3,(H,28,31)/t20-,24+/m0/s1. The fourth-order valence-electron chi connectivity index (χ4n) is 4.02. The van der Waals surface area contributed by atoms with E-state index in [4.69, 9.17) is 4.74 Å². The number of alkyl halides is 1. The minimum atomic E-state index is -1.83. The van der Waals surface area contributed by atoms with E-state index in [-0.39, 0.29) is 24.6 Å². The quantitative estimate of drug-likeness (QED) is 0.586. The Kier molecular flexibility index (Phi) is 8.02. The van der Waals surface area contributed by atoms with Crippen molar-refractivity contribution in [1.82, 2.24) is 10.2 Å². The van der Waals surface area contributed by atoms with Crippen LogP contribution in [-0.4, -0.2) is 51.2 Å². The summed E-state index contributed by atoms with van der Waals surface area (Å²) in [6.07, 6.45) is -0.786. The summed E-state index contributed by atoms with van der Waals surface area (Å²) in [5.74, 6) is -0.561. The summed E-state index contributed by atoms with van der Waals surface area (Å²) < 4.78 is 33.4. The zero-order valence-corrected chi connectivity index (χ0v) is 20.7. The SMILES string of the molecule is COCc1ccc([C@@H](NC(=O)N2CC[C@H](F)C2)C(=O)Cc2ccc([Si](C)(C)C)c(F)c2)cc1. The molecule has 1 heterocycles. The predicted octanol–water partition coefficient (Wildman–Crippen LogP) is 4.12. The molecule has 1 fully saturated rings. The van der Waals surface area contributed by atoms with Crippen LogP contribution in [0.4, 0.5) is 13.6 Å². The van der Waals surface area contributed by atoms with E-state index < -0.39 is 26.3 Å². The van der Waals surface area contributed by atoms with E-state index in [1.165, 1.54) is 11.0 Å². The van der Waals surface area contributed by atoms with Crippen molar-refractivity contribution in [2.75, 3.05) is 20.2 Å². The molecule has 0 aromatic heterocycles. The van der Waals surface area contributed by atoms with Crippen molar-refractivity contribution in [3.05, 3.63) is 65.0 Å². The van der Waals surface area contributed by atoms with E-state index in [0.29, 0.717) is 35.9 Å². The van der Waals surface area contributed by atoms with Gasteiger partial charge in [-0.25, -0.2) is 13.6 Å². The highest BCUT2D eigenvalue weighted by molar-refractivity contribution is 6.88. The lowest BCUT2D eigenvalue weighted by atomic mass is 9.96. The lowest BCUT2D eigenvalue weighted by Gasteiger charge is -2.23. The number of urea groups is 1. The van der Waals surface area contributed by atoms with E-state index in [9.17, 15) is 18.4 Å². The third kappa shape index (κ3) is 6.48. The molecule has 0 unspecified atom stereocenters. The average molecular weight is 475 g/mol. The van der Waals surface area contributed by atoms with Gasteiger partial charge in [0.2, 0.25) is 0 Å². The maximum atomic E-state index is 14.7. The van der Waals surface area contributed by atoms with Crippen LogP contribution in [-0.2, 0) is 22.6 Å². The van der Waals surface area contributed by atoms with Crippen molar-refractivity contribution >= 4 is 25.1 Å². The van der Waals surface area contributed by atoms with Gasteiger partial charge in [-0.05, 0) is 34.4 Å². The smallest absolute Gasteiger partial charge is 0.318 e. The zero-order chi connectivity index (χ0) is 24.2. The monoisotopic (exact) mass is 474 g/mol. The molecule has 33 heavy (non-hydrogen) atoms. The minimum Gasteiger partial charge on any atom is -0.380 e. The van der Waals surface area contributed by atoms with Gasteiger partial charge in [0, 0.05) is 20.1 Å². The topological polar surface area (TPSA) is 58.6 Å². The second-order valence-electron chi connectivity index (χ2n) is 9.60. The molecule has 0 radical (unpaired) electrons. The number of benzene rings is 2. The summed E-state index contributed by atoms with van der Waals surface area (Å²) in [5.41, 5.74) is 2.10. The van der Waals surface area contributed by atoms with Crippen molar-refractivity contribution in [2.45, 2.75) is 51.3 Å². The molecule has 1 aliphatic rings. The molecule has 1 aliphatic heterocycles. The van der Waals surface area contributed by atoms with Crippen LogP contribution < -0.4 is 10.5 Å².